The zero-order valence-corrected chi connectivity index (χ0v) is 14.1. The largest absolute Gasteiger partial charge is 0.508 e. The van der Waals surface area contributed by atoms with Crippen LogP contribution in [0.1, 0.15) is 25.1 Å². The lowest BCUT2D eigenvalue weighted by molar-refractivity contribution is -0.111. The molecular weight excluding hydrogens is 314 g/mol. The van der Waals surface area contributed by atoms with Crippen LogP contribution < -0.4 is 5.32 Å². The fourth-order valence-corrected chi connectivity index (χ4v) is 2.46. The van der Waals surface area contributed by atoms with E-state index in [1.54, 1.807) is 22.9 Å². The van der Waals surface area contributed by atoms with Crippen LogP contribution in [0.4, 0.5) is 5.69 Å². The summed E-state index contributed by atoms with van der Waals surface area (Å²) >= 11 is 6.32. The molecule has 0 saturated heterocycles. The van der Waals surface area contributed by atoms with Gasteiger partial charge in [-0.3, -0.25) is 9.48 Å². The van der Waals surface area contributed by atoms with Crippen molar-refractivity contribution in [3.8, 4) is 5.75 Å². The van der Waals surface area contributed by atoms with Crippen molar-refractivity contribution < 1.29 is 9.90 Å². The van der Waals surface area contributed by atoms with Crippen LogP contribution in [0, 0.1) is 12.8 Å². The van der Waals surface area contributed by atoms with Gasteiger partial charge in [0, 0.05) is 29.9 Å². The molecule has 0 unspecified atom stereocenters. The molecule has 2 N–H and O–H groups in total. The van der Waals surface area contributed by atoms with Crippen LogP contribution in [-0.4, -0.2) is 20.8 Å². The normalized spacial score (nSPS) is 11.3. The first-order valence-corrected chi connectivity index (χ1v) is 7.75. The molecule has 0 aliphatic carbocycles. The predicted octanol–water partition coefficient (Wildman–Crippen LogP) is 3.86. The molecule has 0 radical (unpaired) electrons. The standard InChI is InChI=1S/C17H20ClN3O2/c1-11(2)10-21-17(18)15(12(3)20-21)7-8-16(23)19-13-5-4-6-14(22)9-13/h4-9,11,22H,10H2,1-3H3,(H,19,23)/b8-7+. The zero-order chi connectivity index (χ0) is 17.0. The summed E-state index contributed by atoms with van der Waals surface area (Å²) in [6.07, 6.45) is 3.05. The van der Waals surface area contributed by atoms with Gasteiger partial charge in [0.05, 0.1) is 5.69 Å². The molecule has 0 bridgehead atoms. The highest BCUT2D eigenvalue weighted by Crippen LogP contribution is 2.22. The molecule has 23 heavy (non-hydrogen) atoms. The maximum absolute atomic E-state index is 12.0. The Kier molecular flexibility index (Phi) is 5.45. The maximum Gasteiger partial charge on any atom is 0.248 e. The van der Waals surface area contributed by atoms with Crippen LogP contribution in [0.25, 0.3) is 6.08 Å². The fourth-order valence-electron chi connectivity index (χ4n) is 2.15. The fraction of sp³-hybridized carbons (Fsp3) is 0.294. The van der Waals surface area contributed by atoms with Crippen molar-refractivity contribution in [3.05, 3.63) is 46.8 Å². The minimum Gasteiger partial charge on any atom is -0.508 e. The number of phenols is 1. The van der Waals surface area contributed by atoms with Crippen molar-refractivity contribution in [1.82, 2.24) is 9.78 Å². The molecule has 0 aliphatic rings. The third-order valence-electron chi connectivity index (χ3n) is 3.16. The Bertz CT molecular complexity index is 735. The Hall–Kier alpha value is -2.27. The first kappa shape index (κ1) is 17.1. The van der Waals surface area contributed by atoms with E-state index in [0.29, 0.717) is 16.8 Å². The van der Waals surface area contributed by atoms with Crippen LogP contribution in [0.15, 0.2) is 30.3 Å². The number of aryl methyl sites for hydroxylation is 1. The summed E-state index contributed by atoms with van der Waals surface area (Å²) in [5, 5.41) is 17.0. The van der Waals surface area contributed by atoms with Crippen LogP contribution in [0.2, 0.25) is 5.15 Å². The number of aromatic nitrogens is 2. The van der Waals surface area contributed by atoms with Crippen LogP contribution >= 0.6 is 11.6 Å². The molecule has 5 nitrogen and oxygen atoms in total. The second kappa shape index (κ2) is 7.33. The number of amides is 1. The van der Waals surface area contributed by atoms with Gasteiger partial charge in [0.1, 0.15) is 10.9 Å². The average Bonchev–Trinajstić information content (AvgIpc) is 2.70. The number of aromatic hydroxyl groups is 1. The van der Waals surface area contributed by atoms with E-state index >= 15 is 0 Å². The number of hydrogen-bond acceptors (Lipinski definition) is 3. The molecule has 0 aliphatic heterocycles. The molecule has 1 heterocycles. The number of halogens is 1. The molecular formula is C17H20ClN3O2. The highest BCUT2D eigenvalue weighted by molar-refractivity contribution is 6.31. The Morgan fingerprint density at radius 2 is 2.22 bits per heavy atom. The Morgan fingerprint density at radius 3 is 2.87 bits per heavy atom. The van der Waals surface area contributed by atoms with Crippen LogP contribution in [0.5, 0.6) is 5.75 Å². The van der Waals surface area contributed by atoms with Gasteiger partial charge in [-0.1, -0.05) is 31.5 Å². The minimum atomic E-state index is -0.303. The van der Waals surface area contributed by atoms with Gasteiger partial charge in [0.2, 0.25) is 5.91 Å². The van der Waals surface area contributed by atoms with Gasteiger partial charge in [-0.25, -0.2) is 0 Å². The first-order chi connectivity index (χ1) is 10.9. The summed E-state index contributed by atoms with van der Waals surface area (Å²) in [6.45, 7) is 6.76. The molecule has 0 fully saturated rings. The number of carbonyl (C=O) groups is 1. The molecule has 122 valence electrons. The van der Waals surface area contributed by atoms with Gasteiger partial charge >= 0.3 is 0 Å². The van der Waals surface area contributed by atoms with Crippen molar-refractivity contribution in [1.29, 1.82) is 0 Å². The van der Waals surface area contributed by atoms with Gasteiger partial charge in [-0.05, 0) is 31.1 Å². The molecule has 1 aromatic heterocycles. The SMILES string of the molecule is Cc1nn(CC(C)C)c(Cl)c1/C=C/C(=O)Nc1cccc(O)c1. The van der Waals surface area contributed by atoms with E-state index in [9.17, 15) is 9.90 Å². The van der Waals surface area contributed by atoms with E-state index in [1.165, 1.54) is 18.2 Å². The minimum absolute atomic E-state index is 0.0978. The third-order valence-corrected chi connectivity index (χ3v) is 3.56. The quantitative estimate of drug-likeness (QED) is 0.816. The number of nitrogens with one attached hydrogen (secondary N) is 1. The number of carbonyl (C=O) groups excluding carboxylic acids is 1. The molecule has 1 aromatic carbocycles. The highest BCUT2D eigenvalue weighted by atomic mass is 35.5. The van der Waals surface area contributed by atoms with Crippen molar-refractivity contribution in [2.45, 2.75) is 27.3 Å². The van der Waals surface area contributed by atoms with Gasteiger partial charge in [0.15, 0.2) is 0 Å². The van der Waals surface area contributed by atoms with Crippen LogP contribution in [-0.2, 0) is 11.3 Å². The molecule has 0 atom stereocenters. The summed E-state index contributed by atoms with van der Waals surface area (Å²) in [6, 6.07) is 6.37. The van der Waals surface area contributed by atoms with E-state index in [0.717, 1.165) is 17.8 Å². The lowest BCUT2D eigenvalue weighted by Crippen LogP contribution is -2.07. The summed E-state index contributed by atoms with van der Waals surface area (Å²) < 4.78 is 1.74. The molecule has 2 rings (SSSR count). The Balaban J connectivity index is 2.10. The van der Waals surface area contributed by atoms with Gasteiger partial charge in [-0.2, -0.15) is 5.10 Å². The van der Waals surface area contributed by atoms with Crippen molar-refractivity contribution in [2.75, 3.05) is 5.32 Å². The monoisotopic (exact) mass is 333 g/mol. The van der Waals surface area contributed by atoms with Gasteiger partial charge < -0.3 is 10.4 Å². The summed E-state index contributed by atoms with van der Waals surface area (Å²) in [5.74, 6) is 0.223. The van der Waals surface area contributed by atoms with Crippen LogP contribution in [0.3, 0.4) is 0 Å². The van der Waals surface area contributed by atoms with Gasteiger partial charge in [0.25, 0.3) is 0 Å². The number of hydrogen-bond donors (Lipinski definition) is 2. The van der Waals surface area contributed by atoms with E-state index in [1.807, 2.05) is 6.92 Å². The van der Waals surface area contributed by atoms with Crippen molar-refractivity contribution >= 4 is 29.3 Å². The van der Waals surface area contributed by atoms with E-state index in [2.05, 4.69) is 24.3 Å². The summed E-state index contributed by atoms with van der Waals surface area (Å²) in [4.78, 5) is 12.0. The Labute approximate surface area is 140 Å². The first-order valence-electron chi connectivity index (χ1n) is 7.38. The van der Waals surface area contributed by atoms with E-state index in [4.69, 9.17) is 11.6 Å². The predicted molar refractivity (Wildman–Crippen MR) is 92.6 cm³/mol. The number of rotatable bonds is 5. The second-order valence-electron chi connectivity index (χ2n) is 5.74. The maximum atomic E-state index is 12.0. The van der Waals surface area contributed by atoms with Crippen molar-refractivity contribution in [3.63, 3.8) is 0 Å². The molecule has 6 heteroatoms. The van der Waals surface area contributed by atoms with Crippen molar-refractivity contribution in [2.24, 2.45) is 5.92 Å². The number of phenolic OH excluding ortho intramolecular Hbond substituents is 1. The number of anilines is 1. The lowest BCUT2D eigenvalue weighted by Gasteiger charge is -2.05. The summed E-state index contributed by atoms with van der Waals surface area (Å²) in [5.41, 5.74) is 2.04. The smallest absolute Gasteiger partial charge is 0.248 e. The molecule has 1 amide bonds. The zero-order valence-electron chi connectivity index (χ0n) is 13.4. The van der Waals surface area contributed by atoms with E-state index < -0.39 is 0 Å². The second-order valence-corrected chi connectivity index (χ2v) is 6.10. The number of benzene rings is 1. The molecule has 0 saturated carbocycles. The highest BCUT2D eigenvalue weighted by Gasteiger charge is 2.12. The third kappa shape index (κ3) is 4.60. The van der Waals surface area contributed by atoms with E-state index in [-0.39, 0.29) is 11.7 Å². The number of nitrogens with zero attached hydrogens (tertiary/aromatic N) is 2. The molecule has 2 aromatic rings. The topological polar surface area (TPSA) is 67.2 Å². The lowest BCUT2D eigenvalue weighted by atomic mass is 10.2. The average molecular weight is 334 g/mol. The van der Waals surface area contributed by atoms with Gasteiger partial charge in [-0.15, -0.1) is 0 Å². The summed E-state index contributed by atoms with van der Waals surface area (Å²) in [7, 11) is 0. The molecule has 0 spiro atoms. The Morgan fingerprint density at radius 1 is 1.48 bits per heavy atom.